The van der Waals surface area contributed by atoms with E-state index in [-0.39, 0.29) is 23.0 Å². The van der Waals surface area contributed by atoms with Crippen molar-refractivity contribution < 1.29 is 18.1 Å². The molecule has 1 aliphatic rings. The highest BCUT2D eigenvalue weighted by Crippen LogP contribution is 2.33. The fourth-order valence-corrected chi connectivity index (χ4v) is 4.52. The van der Waals surface area contributed by atoms with E-state index in [1.807, 2.05) is 0 Å². The van der Waals surface area contributed by atoms with Crippen molar-refractivity contribution in [1.29, 1.82) is 0 Å². The van der Waals surface area contributed by atoms with E-state index in [9.17, 15) is 13.2 Å². The molecular weight excluding hydrogens is 318 g/mol. The molecule has 0 atom stereocenters. The van der Waals surface area contributed by atoms with E-state index in [4.69, 9.17) is 4.74 Å². The van der Waals surface area contributed by atoms with Gasteiger partial charge in [0.05, 0.1) is 18.6 Å². The Bertz CT molecular complexity index is 920. The number of sulfone groups is 1. The highest BCUT2D eigenvalue weighted by Gasteiger charge is 2.29. The zero-order chi connectivity index (χ0) is 16.8. The molecule has 1 fully saturated rings. The highest BCUT2D eigenvalue weighted by molar-refractivity contribution is 7.91. The van der Waals surface area contributed by atoms with Gasteiger partial charge in [-0.25, -0.2) is 13.4 Å². The molecule has 8 heteroatoms. The molecule has 1 N–H and O–H groups in total. The van der Waals surface area contributed by atoms with Crippen LogP contribution < -0.4 is 15.3 Å². The van der Waals surface area contributed by atoms with Crippen LogP contribution in [0, 0.1) is 6.92 Å². The minimum absolute atomic E-state index is 0.0557. The molecule has 0 spiro atoms. The molecule has 3 heterocycles. The summed E-state index contributed by atoms with van der Waals surface area (Å²) in [6.07, 6.45) is 1.08. The number of aromatic nitrogens is 3. The number of ether oxygens (including phenoxy) is 1. The third kappa shape index (κ3) is 2.83. The summed E-state index contributed by atoms with van der Waals surface area (Å²) in [4.78, 5) is 19.9. The number of methoxy groups -OCH3 is 1. The zero-order valence-electron chi connectivity index (χ0n) is 13.4. The van der Waals surface area contributed by atoms with Gasteiger partial charge in [0.2, 0.25) is 5.82 Å². The van der Waals surface area contributed by atoms with Crippen molar-refractivity contribution >= 4 is 20.9 Å². The molecular formula is C15H20N3O4S+. The van der Waals surface area contributed by atoms with E-state index in [0.29, 0.717) is 35.6 Å². The average molecular weight is 338 g/mol. The van der Waals surface area contributed by atoms with E-state index in [0.717, 1.165) is 5.56 Å². The first-order chi connectivity index (χ1) is 10.8. The Hall–Kier alpha value is -1.96. The first-order valence-corrected chi connectivity index (χ1v) is 9.32. The lowest BCUT2D eigenvalue weighted by Crippen LogP contribution is -2.27. The van der Waals surface area contributed by atoms with E-state index in [2.05, 4.69) is 9.97 Å². The van der Waals surface area contributed by atoms with E-state index < -0.39 is 9.84 Å². The summed E-state index contributed by atoms with van der Waals surface area (Å²) >= 11 is 0. The minimum Gasteiger partial charge on any atom is -0.465 e. The Morgan fingerprint density at radius 3 is 2.61 bits per heavy atom. The Labute approximate surface area is 134 Å². The van der Waals surface area contributed by atoms with Crippen LogP contribution in [0.2, 0.25) is 0 Å². The number of hydrogen-bond donors (Lipinski definition) is 0. The van der Waals surface area contributed by atoms with Crippen molar-refractivity contribution in [2.45, 2.75) is 25.7 Å². The average Bonchev–Trinajstić information content (AvgIpc) is 2.52. The summed E-state index contributed by atoms with van der Waals surface area (Å²) < 4.78 is 30.2. The Kier molecular flexibility index (Phi) is 3.87. The van der Waals surface area contributed by atoms with Crippen LogP contribution in [0.5, 0.6) is 5.88 Å². The third-order valence-electron chi connectivity index (χ3n) is 4.54. The lowest BCUT2D eigenvalue weighted by Gasteiger charge is -2.22. The molecule has 0 amide bonds. The van der Waals surface area contributed by atoms with Gasteiger partial charge in [0.25, 0.3) is 11.4 Å². The second-order valence-corrected chi connectivity index (χ2v) is 8.27. The summed E-state index contributed by atoms with van der Waals surface area (Å²) in [6, 6.07) is 1.79. The van der Waals surface area contributed by atoms with Crippen LogP contribution in [0.15, 0.2) is 10.9 Å². The molecule has 0 saturated carbocycles. The summed E-state index contributed by atoms with van der Waals surface area (Å²) in [5.74, 6) is 1.55. The second-order valence-electron chi connectivity index (χ2n) is 5.97. The van der Waals surface area contributed by atoms with Crippen molar-refractivity contribution in [3.63, 3.8) is 0 Å². The fourth-order valence-electron chi connectivity index (χ4n) is 3.03. The molecule has 1 saturated heterocycles. The predicted molar refractivity (Wildman–Crippen MR) is 85.5 cm³/mol. The van der Waals surface area contributed by atoms with Gasteiger partial charge < -0.3 is 4.74 Å². The van der Waals surface area contributed by atoms with Crippen molar-refractivity contribution in [1.82, 2.24) is 9.55 Å². The summed E-state index contributed by atoms with van der Waals surface area (Å²) in [7, 11) is 0.297. The van der Waals surface area contributed by atoms with Gasteiger partial charge in [-0.3, -0.25) is 9.36 Å². The molecule has 2 aromatic heterocycles. The van der Waals surface area contributed by atoms with Gasteiger partial charge in [-0.2, -0.15) is 0 Å². The van der Waals surface area contributed by atoms with E-state index in [1.165, 1.54) is 4.57 Å². The molecule has 23 heavy (non-hydrogen) atoms. The lowest BCUT2D eigenvalue weighted by molar-refractivity contribution is -0.365. The third-order valence-corrected chi connectivity index (χ3v) is 6.26. The number of pyridine rings is 1. The van der Waals surface area contributed by atoms with Crippen LogP contribution in [0.3, 0.4) is 0 Å². The van der Waals surface area contributed by atoms with Gasteiger partial charge in [0.15, 0.2) is 0 Å². The largest absolute Gasteiger partial charge is 0.465 e. The van der Waals surface area contributed by atoms with Crippen molar-refractivity contribution in [3.05, 3.63) is 27.8 Å². The van der Waals surface area contributed by atoms with Crippen LogP contribution in [-0.4, -0.2) is 36.6 Å². The maximum atomic E-state index is 12.5. The number of aromatic amines is 1. The molecule has 0 aromatic carbocycles. The van der Waals surface area contributed by atoms with Crippen LogP contribution in [-0.2, 0) is 16.9 Å². The summed E-state index contributed by atoms with van der Waals surface area (Å²) in [6.45, 7) is 1.76. The van der Waals surface area contributed by atoms with Gasteiger partial charge >= 0.3 is 5.65 Å². The monoisotopic (exact) mass is 338 g/mol. The Morgan fingerprint density at radius 1 is 1.35 bits per heavy atom. The Morgan fingerprint density at radius 2 is 2.00 bits per heavy atom. The molecule has 0 bridgehead atoms. The summed E-state index contributed by atoms with van der Waals surface area (Å²) in [5.41, 5.74) is 1.20. The highest BCUT2D eigenvalue weighted by atomic mass is 32.2. The number of fused-ring (bicyclic) bond motifs is 1. The van der Waals surface area contributed by atoms with Gasteiger partial charge in [0.1, 0.15) is 15.2 Å². The van der Waals surface area contributed by atoms with E-state index in [1.54, 1.807) is 27.1 Å². The molecule has 124 valence electrons. The first kappa shape index (κ1) is 15.9. The Balaban J connectivity index is 2.15. The smallest absolute Gasteiger partial charge is 0.338 e. The maximum Gasteiger partial charge on any atom is 0.338 e. The van der Waals surface area contributed by atoms with Crippen molar-refractivity contribution in [3.8, 4) is 5.88 Å². The summed E-state index contributed by atoms with van der Waals surface area (Å²) in [5, 5.41) is 0.488. The van der Waals surface area contributed by atoms with Gasteiger partial charge in [-0.15, -0.1) is 0 Å². The molecule has 0 unspecified atom stereocenters. The van der Waals surface area contributed by atoms with Gasteiger partial charge in [-0.1, -0.05) is 0 Å². The molecule has 3 rings (SSSR count). The minimum atomic E-state index is -2.94. The number of nitrogens with one attached hydrogen (secondary N) is 1. The second kappa shape index (κ2) is 5.59. The normalized spacial score (nSPS) is 18.2. The van der Waals surface area contributed by atoms with Crippen molar-refractivity contribution in [2.75, 3.05) is 18.6 Å². The molecule has 7 nitrogen and oxygen atoms in total. The van der Waals surface area contributed by atoms with Crippen LogP contribution >= 0.6 is 0 Å². The number of H-pyrrole nitrogens is 1. The van der Waals surface area contributed by atoms with Gasteiger partial charge in [-0.05, 0) is 29.8 Å². The predicted octanol–water partition coefficient (Wildman–Crippen LogP) is 0.357. The maximum absolute atomic E-state index is 12.5. The molecule has 2 aromatic rings. The van der Waals surface area contributed by atoms with Crippen LogP contribution in [0.25, 0.3) is 11.0 Å². The van der Waals surface area contributed by atoms with Gasteiger partial charge in [0, 0.05) is 19.5 Å². The number of hydrogen-bond acceptors (Lipinski definition) is 5. The van der Waals surface area contributed by atoms with E-state index >= 15 is 0 Å². The zero-order valence-corrected chi connectivity index (χ0v) is 14.2. The molecule has 0 aliphatic carbocycles. The standard InChI is InChI=1S/C15H19N3O4S/c1-9-16-13-12(15(19)18(9)2)8-11(14(17-13)22-3)10-4-6-23(20,21)7-5-10/h8,10H,4-7H2,1-3H3/p+1. The quantitative estimate of drug-likeness (QED) is 0.788. The number of rotatable bonds is 2. The van der Waals surface area contributed by atoms with Crippen molar-refractivity contribution in [2.24, 2.45) is 7.05 Å². The first-order valence-electron chi connectivity index (χ1n) is 7.50. The molecule has 1 aliphatic heterocycles. The lowest BCUT2D eigenvalue weighted by atomic mass is 9.93. The van der Waals surface area contributed by atoms with Crippen LogP contribution in [0.4, 0.5) is 0 Å². The fraction of sp³-hybridized carbons (Fsp3) is 0.533. The molecule has 0 radical (unpaired) electrons. The number of aryl methyl sites for hydroxylation is 1. The van der Waals surface area contributed by atoms with Crippen LogP contribution in [0.1, 0.15) is 30.1 Å². The SMILES string of the molecule is COc1[nH+]c2nc(C)n(C)c(=O)c2cc1C1CCS(=O)(=O)CC1. The topological polar surface area (TPSA) is 92.4 Å². The number of nitrogens with zero attached hydrogens (tertiary/aromatic N) is 2.